The molecule has 0 aliphatic carbocycles. The number of para-hydroxylation sites is 1. The molecular weight excluding hydrogens is 267 g/mol. The molecule has 0 bridgehead atoms. The predicted octanol–water partition coefficient (Wildman–Crippen LogP) is 0.778. The molecule has 0 saturated heterocycles. The van der Waals surface area contributed by atoms with E-state index in [0.29, 0.717) is 0 Å². The number of hydrogen-bond acceptors (Lipinski definition) is 5. The number of rotatable bonds is 7. The van der Waals surface area contributed by atoms with Gasteiger partial charge in [-0.15, -0.1) is 0 Å². The third-order valence-electron chi connectivity index (χ3n) is 2.11. The quantitative estimate of drug-likeness (QED) is 0.589. The maximum atomic E-state index is 13.2. The summed E-state index contributed by atoms with van der Waals surface area (Å²) in [5.41, 5.74) is 0. The SMILES string of the molecule is N#CCCNC(=O)COC(=O)COc1ccccc1F. The number of ether oxygens (including phenoxy) is 2. The fourth-order valence-electron chi connectivity index (χ4n) is 1.20. The van der Waals surface area contributed by atoms with E-state index < -0.39 is 30.9 Å². The average molecular weight is 280 g/mol. The summed E-state index contributed by atoms with van der Waals surface area (Å²) in [6.45, 7) is -0.768. The second-order valence-electron chi connectivity index (χ2n) is 3.64. The summed E-state index contributed by atoms with van der Waals surface area (Å²) in [7, 11) is 0. The van der Waals surface area contributed by atoms with E-state index in [2.05, 4.69) is 10.1 Å². The predicted molar refractivity (Wildman–Crippen MR) is 66.1 cm³/mol. The topological polar surface area (TPSA) is 88.4 Å². The van der Waals surface area contributed by atoms with Gasteiger partial charge in [-0.2, -0.15) is 5.26 Å². The molecule has 7 heteroatoms. The molecule has 1 aromatic carbocycles. The highest BCUT2D eigenvalue weighted by Crippen LogP contribution is 2.14. The number of amides is 1. The van der Waals surface area contributed by atoms with Gasteiger partial charge < -0.3 is 14.8 Å². The summed E-state index contributed by atoms with van der Waals surface area (Å²) in [6.07, 6.45) is 0.177. The number of nitrogens with zero attached hydrogens (tertiary/aromatic N) is 1. The van der Waals surface area contributed by atoms with Crippen molar-refractivity contribution in [2.45, 2.75) is 6.42 Å². The first-order chi connectivity index (χ1) is 9.63. The monoisotopic (exact) mass is 280 g/mol. The first-order valence-electron chi connectivity index (χ1n) is 5.80. The lowest BCUT2D eigenvalue weighted by atomic mass is 10.3. The second kappa shape index (κ2) is 8.48. The molecule has 0 heterocycles. The van der Waals surface area contributed by atoms with E-state index in [4.69, 9.17) is 10.00 Å². The van der Waals surface area contributed by atoms with Crippen LogP contribution in [0.2, 0.25) is 0 Å². The number of nitriles is 1. The highest BCUT2D eigenvalue weighted by atomic mass is 19.1. The number of carbonyl (C=O) groups is 2. The molecule has 0 aliphatic heterocycles. The summed E-state index contributed by atoms with van der Waals surface area (Å²) in [4.78, 5) is 22.4. The van der Waals surface area contributed by atoms with Crippen LogP contribution in [0.15, 0.2) is 24.3 Å². The molecule has 0 spiro atoms. The van der Waals surface area contributed by atoms with Crippen LogP contribution in [-0.2, 0) is 14.3 Å². The van der Waals surface area contributed by atoms with Gasteiger partial charge >= 0.3 is 5.97 Å². The Labute approximate surface area is 115 Å². The zero-order valence-electron chi connectivity index (χ0n) is 10.6. The van der Waals surface area contributed by atoms with Crippen molar-refractivity contribution in [1.82, 2.24) is 5.32 Å². The van der Waals surface area contributed by atoms with Crippen LogP contribution in [0.25, 0.3) is 0 Å². The summed E-state index contributed by atoms with van der Waals surface area (Å²) in [6, 6.07) is 7.48. The standard InChI is InChI=1S/C13H13FN2O4/c14-10-4-1-2-5-11(10)19-9-13(18)20-8-12(17)16-7-3-6-15/h1-2,4-5H,3,7-9H2,(H,16,17). The molecule has 20 heavy (non-hydrogen) atoms. The van der Waals surface area contributed by atoms with Crippen LogP contribution < -0.4 is 10.1 Å². The van der Waals surface area contributed by atoms with E-state index in [9.17, 15) is 14.0 Å². The first kappa shape index (κ1) is 15.4. The van der Waals surface area contributed by atoms with Crippen molar-refractivity contribution >= 4 is 11.9 Å². The van der Waals surface area contributed by atoms with Crippen molar-refractivity contribution in [3.8, 4) is 11.8 Å². The van der Waals surface area contributed by atoms with Gasteiger partial charge in [0.25, 0.3) is 5.91 Å². The van der Waals surface area contributed by atoms with Crippen LogP contribution in [-0.4, -0.2) is 31.6 Å². The third kappa shape index (κ3) is 5.82. The molecule has 0 aromatic heterocycles. The van der Waals surface area contributed by atoms with Gasteiger partial charge in [0.1, 0.15) is 0 Å². The van der Waals surface area contributed by atoms with Crippen LogP contribution in [0.3, 0.4) is 0 Å². The van der Waals surface area contributed by atoms with Crippen LogP contribution in [0.5, 0.6) is 5.75 Å². The third-order valence-corrected chi connectivity index (χ3v) is 2.11. The summed E-state index contributed by atoms with van der Waals surface area (Å²) < 4.78 is 22.7. The smallest absolute Gasteiger partial charge is 0.344 e. The molecule has 6 nitrogen and oxygen atoms in total. The number of hydrogen-bond donors (Lipinski definition) is 1. The van der Waals surface area contributed by atoms with Crippen molar-refractivity contribution in [2.75, 3.05) is 19.8 Å². The molecule has 0 fully saturated rings. The first-order valence-corrected chi connectivity index (χ1v) is 5.80. The maximum Gasteiger partial charge on any atom is 0.344 e. The Kier molecular flexibility index (Phi) is 6.54. The molecule has 1 N–H and O–H groups in total. The molecule has 106 valence electrons. The molecule has 1 amide bonds. The van der Waals surface area contributed by atoms with Crippen LogP contribution >= 0.6 is 0 Å². The summed E-state index contributed by atoms with van der Waals surface area (Å²) in [5.74, 6) is -1.96. The van der Waals surface area contributed by atoms with E-state index in [-0.39, 0.29) is 18.7 Å². The Hall–Kier alpha value is -2.62. The van der Waals surface area contributed by atoms with E-state index in [0.717, 1.165) is 0 Å². The Balaban J connectivity index is 2.23. The van der Waals surface area contributed by atoms with Gasteiger partial charge in [-0.25, -0.2) is 9.18 Å². The molecular formula is C13H13FN2O4. The Bertz CT molecular complexity index is 513. The Morgan fingerprint density at radius 2 is 2.05 bits per heavy atom. The van der Waals surface area contributed by atoms with Gasteiger partial charge in [0, 0.05) is 6.54 Å². The minimum absolute atomic E-state index is 0.0667. The van der Waals surface area contributed by atoms with Gasteiger partial charge in [-0.05, 0) is 12.1 Å². The molecule has 1 rings (SSSR count). The van der Waals surface area contributed by atoms with Gasteiger partial charge in [-0.3, -0.25) is 4.79 Å². The lowest BCUT2D eigenvalue weighted by Crippen LogP contribution is -2.30. The zero-order valence-corrected chi connectivity index (χ0v) is 10.6. The number of nitrogens with one attached hydrogen (secondary N) is 1. The van der Waals surface area contributed by atoms with Crippen molar-refractivity contribution in [3.05, 3.63) is 30.1 Å². The number of esters is 1. The minimum Gasteiger partial charge on any atom is -0.479 e. The molecule has 1 aromatic rings. The molecule has 0 saturated carbocycles. The molecule has 0 aliphatic rings. The molecule has 0 atom stereocenters. The van der Waals surface area contributed by atoms with Gasteiger partial charge in [0.15, 0.2) is 24.8 Å². The average Bonchev–Trinajstić information content (AvgIpc) is 2.44. The summed E-state index contributed by atoms with van der Waals surface area (Å²) >= 11 is 0. The van der Waals surface area contributed by atoms with E-state index in [1.807, 2.05) is 6.07 Å². The van der Waals surface area contributed by atoms with E-state index >= 15 is 0 Å². The van der Waals surface area contributed by atoms with Crippen molar-refractivity contribution in [1.29, 1.82) is 5.26 Å². The number of halogens is 1. The summed E-state index contributed by atoms with van der Waals surface area (Å²) in [5, 5.41) is 10.6. The van der Waals surface area contributed by atoms with Gasteiger partial charge in [0.05, 0.1) is 12.5 Å². The van der Waals surface area contributed by atoms with Crippen LogP contribution in [0.1, 0.15) is 6.42 Å². The number of benzene rings is 1. The second-order valence-corrected chi connectivity index (χ2v) is 3.64. The van der Waals surface area contributed by atoms with Crippen molar-refractivity contribution < 1.29 is 23.5 Å². The lowest BCUT2D eigenvalue weighted by Gasteiger charge is -2.07. The minimum atomic E-state index is -0.788. The highest BCUT2D eigenvalue weighted by molar-refractivity contribution is 5.80. The van der Waals surface area contributed by atoms with E-state index in [1.165, 1.54) is 18.2 Å². The Morgan fingerprint density at radius 3 is 2.75 bits per heavy atom. The molecule has 0 unspecified atom stereocenters. The van der Waals surface area contributed by atoms with Crippen LogP contribution in [0, 0.1) is 17.1 Å². The zero-order chi connectivity index (χ0) is 14.8. The lowest BCUT2D eigenvalue weighted by molar-refractivity contribution is -0.150. The highest BCUT2D eigenvalue weighted by Gasteiger charge is 2.09. The van der Waals surface area contributed by atoms with Crippen molar-refractivity contribution in [2.24, 2.45) is 0 Å². The van der Waals surface area contributed by atoms with Gasteiger partial charge in [-0.1, -0.05) is 12.1 Å². The van der Waals surface area contributed by atoms with E-state index in [1.54, 1.807) is 6.07 Å². The Morgan fingerprint density at radius 1 is 1.30 bits per heavy atom. The molecule has 0 radical (unpaired) electrons. The van der Waals surface area contributed by atoms with Crippen molar-refractivity contribution in [3.63, 3.8) is 0 Å². The largest absolute Gasteiger partial charge is 0.479 e. The fourth-order valence-corrected chi connectivity index (χ4v) is 1.20. The maximum absolute atomic E-state index is 13.2. The number of carbonyl (C=O) groups excluding carboxylic acids is 2. The van der Waals surface area contributed by atoms with Crippen LogP contribution in [0.4, 0.5) is 4.39 Å². The van der Waals surface area contributed by atoms with Gasteiger partial charge in [0.2, 0.25) is 0 Å². The fraction of sp³-hybridized carbons (Fsp3) is 0.308. The normalized spacial score (nSPS) is 9.40.